The Morgan fingerprint density at radius 1 is 1.50 bits per heavy atom. The number of hydrogen-bond acceptors (Lipinski definition) is 2. The van der Waals surface area contributed by atoms with Crippen molar-refractivity contribution in [3.8, 4) is 0 Å². The Morgan fingerprint density at radius 2 is 2.29 bits per heavy atom. The van der Waals surface area contributed by atoms with Gasteiger partial charge in [-0.05, 0) is 32.5 Å². The summed E-state index contributed by atoms with van der Waals surface area (Å²) in [5, 5.41) is 3.39. The molecule has 0 saturated carbocycles. The van der Waals surface area contributed by atoms with Crippen LogP contribution in [0.4, 0.5) is 0 Å². The van der Waals surface area contributed by atoms with E-state index in [9.17, 15) is 0 Å². The summed E-state index contributed by atoms with van der Waals surface area (Å²) < 4.78 is 7.52. The van der Waals surface area contributed by atoms with Crippen molar-refractivity contribution in [2.24, 2.45) is 0 Å². The van der Waals surface area contributed by atoms with Crippen molar-refractivity contribution in [3.63, 3.8) is 0 Å². The maximum Gasteiger partial charge on any atom is 0.122 e. The lowest BCUT2D eigenvalue weighted by Gasteiger charge is -2.15. The maximum absolute atomic E-state index is 5.38. The van der Waals surface area contributed by atoms with E-state index in [4.69, 9.17) is 4.74 Å². The van der Waals surface area contributed by atoms with Gasteiger partial charge in [-0.25, -0.2) is 0 Å². The van der Waals surface area contributed by atoms with Crippen molar-refractivity contribution in [1.29, 1.82) is 0 Å². The topological polar surface area (TPSA) is 26.2 Å². The van der Waals surface area contributed by atoms with Gasteiger partial charge in [0.1, 0.15) is 6.73 Å². The van der Waals surface area contributed by atoms with Gasteiger partial charge in [0, 0.05) is 24.5 Å². The Balaban J connectivity index is 2.61. The summed E-state index contributed by atoms with van der Waals surface area (Å²) in [5.74, 6) is 0. The number of aromatic nitrogens is 1. The molecule has 1 atom stereocenters. The van der Waals surface area contributed by atoms with Crippen LogP contribution in [0.1, 0.15) is 32.5 Å². The number of ether oxygens (including phenoxy) is 1. The van der Waals surface area contributed by atoms with Crippen molar-refractivity contribution in [2.45, 2.75) is 33.5 Å². The average Bonchev–Trinajstić information content (AvgIpc) is 2.63. The molecule has 0 bridgehead atoms. The van der Waals surface area contributed by atoms with Crippen molar-refractivity contribution in [2.75, 3.05) is 13.2 Å². The van der Waals surface area contributed by atoms with Crippen LogP contribution in [0, 0.1) is 0 Å². The van der Waals surface area contributed by atoms with Crippen LogP contribution >= 0.6 is 0 Å². The molecule has 0 amide bonds. The van der Waals surface area contributed by atoms with Crippen LogP contribution in [0.3, 0.4) is 0 Å². The Labute approximate surface area is 86.1 Å². The van der Waals surface area contributed by atoms with Crippen LogP contribution < -0.4 is 5.32 Å². The third-order valence-electron chi connectivity index (χ3n) is 2.25. The van der Waals surface area contributed by atoms with E-state index >= 15 is 0 Å². The SMILES string of the molecule is CCNC(C)c1cccn1COCC. The first-order valence-corrected chi connectivity index (χ1v) is 5.25. The van der Waals surface area contributed by atoms with E-state index in [0.717, 1.165) is 13.2 Å². The Kier molecular flexibility index (Phi) is 4.70. The molecule has 80 valence electrons. The fraction of sp³-hybridized carbons (Fsp3) is 0.636. The van der Waals surface area contributed by atoms with E-state index in [-0.39, 0.29) is 0 Å². The summed E-state index contributed by atoms with van der Waals surface area (Å²) in [6.07, 6.45) is 2.05. The highest BCUT2D eigenvalue weighted by Gasteiger charge is 2.07. The predicted molar refractivity (Wildman–Crippen MR) is 58.1 cm³/mol. The van der Waals surface area contributed by atoms with Crippen molar-refractivity contribution in [3.05, 3.63) is 24.0 Å². The normalized spacial score (nSPS) is 13.1. The van der Waals surface area contributed by atoms with Crippen molar-refractivity contribution < 1.29 is 4.74 Å². The van der Waals surface area contributed by atoms with E-state index in [1.165, 1.54) is 5.69 Å². The molecule has 1 aromatic rings. The molecule has 1 aromatic heterocycles. The first-order chi connectivity index (χ1) is 6.79. The van der Waals surface area contributed by atoms with Gasteiger partial charge in [-0.15, -0.1) is 0 Å². The minimum atomic E-state index is 0.385. The molecule has 0 aliphatic carbocycles. The molecule has 14 heavy (non-hydrogen) atoms. The smallest absolute Gasteiger partial charge is 0.122 e. The molecule has 0 radical (unpaired) electrons. The molecule has 0 fully saturated rings. The van der Waals surface area contributed by atoms with Crippen LogP contribution in [-0.2, 0) is 11.5 Å². The minimum Gasteiger partial charge on any atom is -0.361 e. The van der Waals surface area contributed by atoms with Crippen LogP contribution in [0.15, 0.2) is 18.3 Å². The largest absolute Gasteiger partial charge is 0.361 e. The third kappa shape index (κ3) is 2.86. The zero-order valence-corrected chi connectivity index (χ0v) is 9.29. The molecular weight excluding hydrogens is 176 g/mol. The lowest BCUT2D eigenvalue weighted by Crippen LogP contribution is -2.21. The number of nitrogens with zero attached hydrogens (tertiary/aromatic N) is 1. The zero-order valence-electron chi connectivity index (χ0n) is 9.29. The third-order valence-corrected chi connectivity index (χ3v) is 2.25. The van der Waals surface area contributed by atoms with E-state index in [2.05, 4.69) is 42.1 Å². The zero-order chi connectivity index (χ0) is 10.4. The highest BCUT2D eigenvalue weighted by molar-refractivity contribution is 5.10. The first-order valence-electron chi connectivity index (χ1n) is 5.25. The summed E-state index contributed by atoms with van der Waals surface area (Å²) in [6, 6.07) is 4.57. The molecule has 0 saturated heterocycles. The molecule has 1 N–H and O–H groups in total. The highest BCUT2D eigenvalue weighted by Crippen LogP contribution is 2.12. The summed E-state index contributed by atoms with van der Waals surface area (Å²) in [4.78, 5) is 0. The molecule has 0 aliphatic heterocycles. The highest BCUT2D eigenvalue weighted by atomic mass is 16.5. The van der Waals surface area contributed by atoms with Crippen LogP contribution in [0.5, 0.6) is 0 Å². The minimum absolute atomic E-state index is 0.385. The fourth-order valence-electron chi connectivity index (χ4n) is 1.54. The molecular formula is C11H20N2O. The molecule has 1 heterocycles. The summed E-state index contributed by atoms with van der Waals surface area (Å²) in [7, 11) is 0. The number of hydrogen-bond donors (Lipinski definition) is 1. The van der Waals surface area contributed by atoms with Crippen molar-refractivity contribution in [1.82, 2.24) is 9.88 Å². The van der Waals surface area contributed by atoms with E-state index in [1.807, 2.05) is 6.92 Å². The van der Waals surface area contributed by atoms with Crippen molar-refractivity contribution >= 4 is 0 Å². The second kappa shape index (κ2) is 5.83. The summed E-state index contributed by atoms with van der Waals surface area (Å²) >= 11 is 0. The molecule has 0 aromatic carbocycles. The number of nitrogens with one attached hydrogen (secondary N) is 1. The quantitative estimate of drug-likeness (QED) is 0.754. The maximum atomic E-state index is 5.38. The lowest BCUT2D eigenvalue weighted by atomic mass is 10.2. The van der Waals surface area contributed by atoms with Crippen LogP contribution in [0.2, 0.25) is 0 Å². The average molecular weight is 196 g/mol. The summed E-state index contributed by atoms with van der Waals surface area (Å²) in [5.41, 5.74) is 1.28. The van der Waals surface area contributed by atoms with Gasteiger partial charge in [-0.3, -0.25) is 0 Å². The molecule has 1 rings (SSSR count). The summed E-state index contributed by atoms with van der Waals surface area (Å²) in [6.45, 7) is 8.69. The molecule has 1 unspecified atom stereocenters. The second-order valence-corrected chi connectivity index (χ2v) is 3.30. The monoisotopic (exact) mass is 196 g/mol. The molecule has 0 spiro atoms. The van der Waals surface area contributed by atoms with E-state index < -0.39 is 0 Å². The molecule has 3 heteroatoms. The lowest BCUT2D eigenvalue weighted by molar-refractivity contribution is 0.0852. The van der Waals surface area contributed by atoms with Gasteiger partial charge in [0.25, 0.3) is 0 Å². The van der Waals surface area contributed by atoms with E-state index in [0.29, 0.717) is 12.8 Å². The Bertz CT molecular complexity index is 258. The van der Waals surface area contributed by atoms with Gasteiger partial charge in [-0.1, -0.05) is 6.92 Å². The number of rotatable bonds is 6. The standard InChI is InChI=1S/C11H20N2O/c1-4-12-10(3)11-7-6-8-13(11)9-14-5-2/h6-8,10,12H,4-5,9H2,1-3H3. The van der Waals surface area contributed by atoms with Gasteiger partial charge in [0.05, 0.1) is 0 Å². The fourth-order valence-corrected chi connectivity index (χ4v) is 1.54. The van der Waals surface area contributed by atoms with Crippen LogP contribution in [0.25, 0.3) is 0 Å². The molecule has 3 nitrogen and oxygen atoms in total. The van der Waals surface area contributed by atoms with Gasteiger partial charge >= 0.3 is 0 Å². The predicted octanol–water partition coefficient (Wildman–Crippen LogP) is 2.15. The Morgan fingerprint density at radius 3 is 2.93 bits per heavy atom. The molecule has 0 aliphatic rings. The van der Waals surface area contributed by atoms with Crippen LogP contribution in [-0.4, -0.2) is 17.7 Å². The van der Waals surface area contributed by atoms with Gasteiger partial charge in [-0.2, -0.15) is 0 Å². The first kappa shape index (κ1) is 11.3. The Hall–Kier alpha value is -0.800. The van der Waals surface area contributed by atoms with Gasteiger partial charge in [0.15, 0.2) is 0 Å². The van der Waals surface area contributed by atoms with E-state index in [1.54, 1.807) is 0 Å². The second-order valence-electron chi connectivity index (χ2n) is 3.30. The van der Waals surface area contributed by atoms with Gasteiger partial charge in [0.2, 0.25) is 0 Å². The van der Waals surface area contributed by atoms with Gasteiger partial charge < -0.3 is 14.6 Å².